The van der Waals surface area contributed by atoms with E-state index in [1.807, 2.05) is 12.1 Å². The van der Waals surface area contributed by atoms with E-state index in [9.17, 15) is 4.79 Å². The molecule has 0 aliphatic heterocycles. The van der Waals surface area contributed by atoms with E-state index in [-0.39, 0.29) is 17.5 Å². The second-order valence-corrected chi connectivity index (χ2v) is 6.24. The molecule has 0 saturated heterocycles. The van der Waals surface area contributed by atoms with Crippen molar-refractivity contribution in [3.05, 3.63) is 69.8 Å². The first-order valence-electron chi connectivity index (χ1n) is 7.41. The van der Waals surface area contributed by atoms with Crippen LogP contribution in [-0.2, 0) is 0 Å². The van der Waals surface area contributed by atoms with Crippen molar-refractivity contribution in [2.24, 2.45) is 0 Å². The number of halogens is 2. The van der Waals surface area contributed by atoms with Crippen LogP contribution in [0.2, 0.25) is 10.0 Å². The number of nitrogens with one attached hydrogen (secondary N) is 1. The first kappa shape index (κ1) is 17.2. The van der Waals surface area contributed by atoms with Gasteiger partial charge in [-0.3, -0.25) is 4.79 Å². The lowest BCUT2D eigenvalue weighted by Gasteiger charge is -2.12. The highest BCUT2D eigenvalue weighted by molar-refractivity contribution is 6.31. The zero-order chi connectivity index (χ0) is 18.0. The van der Waals surface area contributed by atoms with E-state index in [0.29, 0.717) is 27.0 Å². The standard InChI is InChI=1S/C18H14Cl2N4O/c1-10-15(11-2-4-12(19)5-3-11)23-18(21)24-16(10)17(25)22-14-8-6-13(20)7-9-14/h2-9H,1H3,(H,22,25)(H2,21,23,24). The molecular weight excluding hydrogens is 359 g/mol. The van der Waals surface area contributed by atoms with Gasteiger partial charge in [-0.25, -0.2) is 9.97 Å². The molecule has 0 spiro atoms. The van der Waals surface area contributed by atoms with Crippen LogP contribution in [0.1, 0.15) is 16.1 Å². The number of nitrogen functional groups attached to an aromatic ring is 1. The van der Waals surface area contributed by atoms with E-state index in [0.717, 1.165) is 5.56 Å². The third-order valence-corrected chi connectivity index (χ3v) is 4.10. The Bertz CT molecular complexity index is 925. The second kappa shape index (κ2) is 7.09. The number of rotatable bonds is 3. The Morgan fingerprint density at radius 2 is 1.52 bits per heavy atom. The Kier molecular flexibility index (Phi) is 4.88. The molecule has 0 radical (unpaired) electrons. The van der Waals surface area contributed by atoms with Crippen molar-refractivity contribution in [1.82, 2.24) is 9.97 Å². The molecule has 126 valence electrons. The summed E-state index contributed by atoms with van der Waals surface area (Å²) < 4.78 is 0. The lowest BCUT2D eigenvalue weighted by atomic mass is 10.1. The fourth-order valence-electron chi connectivity index (χ4n) is 2.37. The molecule has 2 aromatic carbocycles. The van der Waals surface area contributed by atoms with Crippen LogP contribution < -0.4 is 11.1 Å². The molecule has 0 saturated carbocycles. The highest BCUT2D eigenvalue weighted by Crippen LogP contribution is 2.26. The minimum absolute atomic E-state index is 0.0248. The van der Waals surface area contributed by atoms with Crippen molar-refractivity contribution in [3.8, 4) is 11.3 Å². The summed E-state index contributed by atoms with van der Waals surface area (Å²) >= 11 is 11.8. The number of hydrogen-bond donors (Lipinski definition) is 2. The van der Waals surface area contributed by atoms with Gasteiger partial charge in [-0.2, -0.15) is 0 Å². The Balaban J connectivity index is 1.97. The van der Waals surface area contributed by atoms with Crippen LogP contribution in [0.3, 0.4) is 0 Å². The zero-order valence-corrected chi connectivity index (χ0v) is 14.8. The van der Waals surface area contributed by atoms with E-state index in [1.54, 1.807) is 43.3 Å². The first-order valence-corrected chi connectivity index (χ1v) is 8.16. The predicted molar refractivity (Wildman–Crippen MR) is 101 cm³/mol. The van der Waals surface area contributed by atoms with Crippen molar-refractivity contribution >= 4 is 40.7 Å². The molecule has 3 aromatic rings. The van der Waals surface area contributed by atoms with E-state index < -0.39 is 0 Å². The SMILES string of the molecule is Cc1c(C(=O)Nc2ccc(Cl)cc2)nc(N)nc1-c1ccc(Cl)cc1. The van der Waals surface area contributed by atoms with Crippen LogP contribution in [0, 0.1) is 6.92 Å². The third-order valence-electron chi connectivity index (χ3n) is 3.60. The number of benzene rings is 2. The molecule has 0 fully saturated rings. The van der Waals surface area contributed by atoms with Gasteiger partial charge >= 0.3 is 0 Å². The summed E-state index contributed by atoms with van der Waals surface area (Å²) in [6, 6.07) is 13.9. The van der Waals surface area contributed by atoms with Crippen LogP contribution in [0.25, 0.3) is 11.3 Å². The Labute approximate surface area is 154 Å². The van der Waals surface area contributed by atoms with E-state index in [2.05, 4.69) is 15.3 Å². The van der Waals surface area contributed by atoms with Gasteiger partial charge in [0.15, 0.2) is 0 Å². The number of carbonyl (C=O) groups excluding carboxylic acids is 1. The average molecular weight is 373 g/mol. The van der Waals surface area contributed by atoms with Crippen LogP contribution >= 0.6 is 23.2 Å². The average Bonchev–Trinajstić information content (AvgIpc) is 2.59. The molecular formula is C18H14Cl2N4O. The number of nitrogens with zero attached hydrogens (tertiary/aromatic N) is 2. The van der Waals surface area contributed by atoms with Gasteiger partial charge in [0, 0.05) is 26.9 Å². The first-order chi connectivity index (χ1) is 11.9. The quantitative estimate of drug-likeness (QED) is 0.704. The number of hydrogen-bond acceptors (Lipinski definition) is 4. The fraction of sp³-hybridized carbons (Fsp3) is 0.0556. The summed E-state index contributed by atoms with van der Waals surface area (Å²) in [6.45, 7) is 1.78. The van der Waals surface area contributed by atoms with Crippen molar-refractivity contribution in [2.45, 2.75) is 6.92 Å². The summed E-state index contributed by atoms with van der Waals surface area (Å²) in [5.74, 6) is -0.346. The van der Waals surface area contributed by atoms with Gasteiger partial charge in [-0.1, -0.05) is 35.3 Å². The Morgan fingerprint density at radius 1 is 0.960 bits per heavy atom. The summed E-state index contributed by atoms with van der Waals surface area (Å²) in [5, 5.41) is 3.98. The lowest BCUT2D eigenvalue weighted by molar-refractivity contribution is 0.102. The number of amides is 1. The molecule has 0 unspecified atom stereocenters. The maximum atomic E-state index is 12.6. The second-order valence-electron chi connectivity index (χ2n) is 5.37. The highest BCUT2D eigenvalue weighted by Gasteiger charge is 2.17. The molecule has 1 amide bonds. The topological polar surface area (TPSA) is 80.9 Å². The summed E-state index contributed by atoms with van der Waals surface area (Å²) in [4.78, 5) is 21.0. The zero-order valence-electron chi connectivity index (χ0n) is 13.3. The number of aromatic nitrogens is 2. The predicted octanol–water partition coefficient (Wildman–Crippen LogP) is 4.59. The maximum absolute atomic E-state index is 12.6. The smallest absolute Gasteiger partial charge is 0.274 e. The highest BCUT2D eigenvalue weighted by atomic mass is 35.5. The van der Waals surface area contributed by atoms with Crippen molar-refractivity contribution in [1.29, 1.82) is 0 Å². The van der Waals surface area contributed by atoms with Crippen LogP contribution in [-0.4, -0.2) is 15.9 Å². The van der Waals surface area contributed by atoms with Gasteiger partial charge in [0.25, 0.3) is 5.91 Å². The summed E-state index contributed by atoms with van der Waals surface area (Å²) in [5.41, 5.74) is 8.64. The van der Waals surface area contributed by atoms with Crippen molar-refractivity contribution < 1.29 is 4.79 Å². The molecule has 1 aromatic heterocycles. The molecule has 25 heavy (non-hydrogen) atoms. The monoisotopic (exact) mass is 372 g/mol. The van der Waals surface area contributed by atoms with Gasteiger partial charge in [-0.05, 0) is 43.3 Å². The Hall–Kier alpha value is -2.63. The number of anilines is 2. The maximum Gasteiger partial charge on any atom is 0.274 e. The fourth-order valence-corrected chi connectivity index (χ4v) is 2.62. The summed E-state index contributed by atoms with van der Waals surface area (Å²) in [6.07, 6.45) is 0. The molecule has 7 heteroatoms. The van der Waals surface area contributed by atoms with Gasteiger partial charge in [0.1, 0.15) is 5.69 Å². The molecule has 0 aliphatic carbocycles. The van der Waals surface area contributed by atoms with Gasteiger partial charge in [0.05, 0.1) is 5.69 Å². The minimum Gasteiger partial charge on any atom is -0.368 e. The van der Waals surface area contributed by atoms with Crippen LogP contribution in [0.4, 0.5) is 11.6 Å². The van der Waals surface area contributed by atoms with Gasteiger partial charge in [0.2, 0.25) is 5.95 Å². The summed E-state index contributed by atoms with van der Waals surface area (Å²) in [7, 11) is 0. The molecule has 1 heterocycles. The lowest BCUT2D eigenvalue weighted by Crippen LogP contribution is -2.17. The molecule has 5 nitrogen and oxygen atoms in total. The molecule has 0 atom stereocenters. The normalized spacial score (nSPS) is 10.5. The minimum atomic E-state index is -0.371. The number of nitrogens with two attached hydrogens (primary N) is 1. The number of carbonyl (C=O) groups is 1. The van der Waals surface area contributed by atoms with E-state index in [4.69, 9.17) is 28.9 Å². The largest absolute Gasteiger partial charge is 0.368 e. The van der Waals surface area contributed by atoms with Gasteiger partial charge < -0.3 is 11.1 Å². The van der Waals surface area contributed by atoms with E-state index >= 15 is 0 Å². The third kappa shape index (κ3) is 3.90. The molecule has 3 rings (SSSR count). The van der Waals surface area contributed by atoms with E-state index in [1.165, 1.54) is 0 Å². The van der Waals surface area contributed by atoms with Crippen LogP contribution in [0.15, 0.2) is 48.5 Å². The Morgan fingerprint density at radius 3 is 2.12 bits per heavy atom. The van der Waals surface area contributed by atoms with Crippen molar-refractivity contribution in [3.63, 3.8) is 0 Å². The van der Waals surface area contributed by atoms with Gasteiger partial charge in [-0.15, -0.1) is 0 Å². The van der Waals surface area contributed by atoms with Crippen molar-refractivity contribution in [2.75, 3.05) is 11.1 Å². The van der Waals surface area contributed by atoms with Crippen LogP contribution in [0.5, 0.6) is 0 Å². The molecule has 0 aliphatic rings. The molecule has 0 bridgehead atoms. The molecule has 3 N–H and O–H groups in total.